The Bertz CT molecular complexity index is 954. The van der Waals surface area contributed by atoms with Crippen LogP contribution in [0.25, 0.3) is 16.9 Å². The molecule has 0 aliphatic carbocycles. The third kappa shape index (κ3) is 3.60. The summed E-state index contributed by atoms with van der Waals surface area (Å²) in [5.74, 6) is -2.53. The molecule has 132 valence electrons. The molecule has 0 saturated heterocycles. The predicted octanol–water partition coefficient (Wildman–Crippen LogP) is 3.72. The zero-order valence-electron chi connectivity index (χ0n) is 14.4. The van der Waals surface area contributed by atoms with Gasteiger partial charge in [-0.3, -0.25) is 4.79 Å². The van der Waals surface area contributed by atoms with Crippen molar-refractivity contribution < 1.29 is 8.78 Å². The van der Waals surface area contributed by atoms with E-state index < -0.39 is 5.92 Å². The Morgan fingerprint density at radius 2 is 2.00 bits per heavy atom. The van der Waals surface area contributed by atoms with E-state index in [1.54, 1.807) is 29.1 Å². The minimum atomic E-state index is -3.03. The van der Waals surface area contributed by atoms with E-state index in [0.717, 1.165) is 19.5 Å². The fraction of sp³-hybridized carbons (Fsp3) is 0.389. The van der Waals surface area contributed by atoms with Crippen LogP contribution in [0, 0.1) is 5.92 Å². The third-order valence-corrected chi connectivity index (χ3v) is 4.08. The van der Waals surface area contributed by atoms with Gasteiger partial charge in [0.15, 0.2) is 5.65 Å². The molecule has 0 N–H and O–H groups in total. The first-order valence-corrected chi connectivity index (χ1v) is 8.19. The first-order valence-electron chi connectivity index (χ1n) is 8.19. The first kappa shape index (κ1) is 17.3. The number of hydrogen-bond donors (Lipinski definition) is 0. The third-order valence-electron chi connectivity index (χ3n) is 4.08. The van der Waals surface area contributed by atoms with Gasteiger partial charge in [0.05, 0.1) is 17.5 Å². The number of aryl methyl sites for hydroxylation is 1. The number of alkyl halides is 2. The largest absolute Gasteiger partial charge is 0.315 e. The smallest absolute Gasteiger partial charge is 0.275 e. The molecular weight excluding hydrogens is 326 g/mol. The Labute approximate surface area is 143 Å². The van der Waals surface area contributed by atoms with Crippen LogP contribution in [0.3, 0.4) is 0 Å². The Morgan fingerprint density at radius 3 is 2.64 bits per heavy atom. The van der Waals surface area contributed by atoms with Crippen molar-refractivity contribution in [3.05, 3.63) is 52.7 Å². The van der Waals surface area contributed by atoms with Gasteiger partial charge >= 0.3 is 0 Å². The Hall–Kier alpha value is -2.57. The highest BCUT2D eigenvalue weighted by Gasteiger charge is 2.29. The highest BCUT2D eigenvalue weighted by molar-refractivity contribution is 5.62. The fourth-order valence-corrected chi connectivity index (χ4v) is 2.59. The molecular formula is C18H20F2N4O. The maximum Gasteiger partial charge on any atom is 0.275 e. The lowest BCUT2D eigenvalue weighted by atomic mass is 10.1. The Morgan fingerprint density at radius 1 is 1.24 bits per heavy atom. The highest BCUT2D eigenvalue weighted by atomic mass is 19.3. The van der Waals surface area contributed by atoms with Gasteiger partial charge in [-0.2, -0.15) is 5.10 Å². The summed E-state index contributed by atoms with van der Waals surface area (Å²) in [6.07, 6.45) is 5.32. The topological polar surface area (TPSA) is 52.2 Å². The van der Waals surface area contributed by atoms with Crippen molar-refractivity contribution in [3.8, 4) is 11.3 Å². The summed E-state index contributed by atoms with van der Waals surface area (Å²) in [7, 11) is 0. The number of aromatic nitrogens is 4. The van der Waals surface area contributed by atoms with E-state index in [9.17, 15) is 13.6 Å². The number of hydrogen-bond acceptors (Lipinski definition) is 3. The van der Waals surface area contributed by atoms with Crippen LogP contribution in [0.4, 0.5) is 8.78 Å². The van der Waals surface area contributed by atoms with Crippen molar-refractivity contribution in [3.63, 3.8) is 0 Å². The van der Waals surface area contributed by atoms with E-state index in [0.29, 0.717) is 23.7 Å². The average molecular weight is 346 g/mol. The molecule has 3 aromatic heterocycles. The van der Waals surface area contributed by atoms with Crippen molar-refractivity contribution in [1.29, 1.82) is 0 Å². The highest BCUT2D eigenvalue weighted by Crippen LogP contribution is 2.30. The van der Waals surface area contributed by atoms with Crippen LogP contribution in [0.15, 0.2) is 41.6 Å². The molecule has 0 aliphatic rings. The molecule has 5 nitrogen and oxygen atoms in total. The van der Waals surface area contributed by atoms with Gasteiger partial charge < -0.3 is 4.57 Å². The van der Waals surface area contributed by atoms with E-state index in [1.165, 1.54) is 10.6 Å². The van der Waals surface area contributed by atoms with Crippen molar-refractivity contribution >= 4 is 5.65 Å². The first-order chi connectivity index (χ1) is 11.8. The average Bonchev–Trinajstić information content (AvgIpc) is 2.96. The van der Waals surface area contributed by atoms with Crippen LogP contribution in [-0.4, -0.2) is 19.2 Å². The lowest BCUT2D eigenvalue weighted by molar-refractivity contribution is 0.0188. The summed E-state index contributed by atoms with van der Waals surface area (Å²) in [4.78, 5) is 16.6. The zero-order chi connectivity index (χ0) is 18.2. The van der Waals surface area contributed by atoms with E-state index in [-0.39, 0.29) is 16.8 Å². The van der Waals surface area contributed by atoms with Gasteiger partial charge in [0.1, 0.15) is 0 Å². The number of pyridine rings is 1. The molecule has 7 heteroatoms. The summed E-state index contributed by atoms with van der Waals surface area (Å²) >= 11 is 0. The maximum absolute atomic E-state index is 13.7. The van der Waals surface area contributed by atoms with E-state index >= 15 is 0 Å². The molecule has 0 saturated carbocycles. The number of rotatable bonds is 5. The van der Waals surface area contributed by atoms with Crippen molar-refractivity contribution in [2.24, 2.45) is 5.92 Å². The van der Waals surface area contributed by atoms with Gasteiger partial charge in [-0.15, -0.1) is 0 Å². The molecule has 0 atom stereocenters. The van der Waals surface area contributed by atoms with Gasteiger partial charge in [-0.1, -0.05) is 13.8 Å². The van der Waals surface area contributed by atoms with Crippen LogP contribution >= 0.6 is 0 Å². The molecule has 25 heavy (non-hydrogen) atoms. The molecule has 0 fully saturated rings. The van der Waals surface area contributed by atoms with Crippen LogP contribution < -0.4 is 5.56 Å². The number of halogens is 2. The van der Waals surface area contributed by atoms with Gasteiger partial charge in [0, 0.05) is 37.5 Å². The minimum absolute atomic E-state index is 0.0917. The van der Waals surface area contributed by atoms with Crippen LogP contribution in [0.2, 0.25) is 0 Å². The van der Waals surface area contributed by atoms with Crippen LogP contribution in [0.1, 0.15) is 32.8 Å². The second kappa shape index (κ2) is 6.38. The second-order valence-corrected chi connectivity index (χ2v) is 6.66. The summed E-state index contributed by atoms with van der Waals surface area (Å²) in [5, 5.41) is 3.90. The van der Waals surface area contributed by atoms with Gasteiger partial charge in [0.2, 0.25) is 0 Å². The molecule has 0 radical (unpaired) electrons. The molecule has 3 rings (SSSR count). The lowest BCUT2D eigenvalue weighted by Gasteiger charge is -2.10. The van der Waals surface area contributed by atoms with Gasteiger partial charge in [-0.25, -0.2) is 18.3 Å². The molecule has 0 aromatic carbocycles. The summed E-state index contributed by atoms with van der Waals surface area (Å²) in [5.41, 5.74) is 0.787. The molecule has 0 spiro atoms. The monoisotopic (exact) mass is 346 g/mol. The van der Waals surface area contributed by atoms with Crippen molar-refractivity contribution in [1.82, 2.24) is 19.2 Å². The zero-order valence-corrected chi connectivity index (χ0v) is 14.4. The molecule has 0 bridgehead atoms. The summed E-state index contributed by atoms with van der Waals surface area (Å²) < 4.78 is 30.3. The number of nitrogens with zero attached hydrogens (tertiary/aromatic N) is 4. The summed E-state index contributed by atoms with van der Waals surface area (Å²) in [6.45, 7) is 5.67. The predicted molar refractivity (Wildman–Crippen MR) is 91.7 cm³/mol. The second-order valence-electron chi connectivity index (χ2n) is 6.66. The SMILES string of the molecule is CC(C)CCn1ccc(-c2ccn3ncc(C(C)(F)F)c3n2)cc1=O. The molecule has 0 unspecified atom stereocenters. The summed E-state index contributed by atoms with van der Waals surface area (Å²) in [6, 6.07) is 4.92. The normalized spacial score (nSPS) is 12.2. The Kier molecular flexibility index (Phi) is 4.41. The van der Waals surface area contributed by atoms with Crippen LogP contribution in [0.5, 0.6) is 0 Å². The maximum atomic E-state index is 13.7. The molecule has 0 aliphatic heterocycles. The molecule has 3 aromatic rings. The quantitative estimate of drug-likeness (QED) is 0.707. The standard InChI is InChI=1S/C18H20F2N4O/c1-12(2)4-7-23-8-5-13(10-16(23)25)15-6-9-24-17(22-15)14(11-21-24)18(3,19)20/h5-6,8-12H,4,7H2,1-3H3. The van der Waals surface area contributed by atoms with Crippen molar-refractivity contribution in [2.75, 3.05) is 0 Å². The Balaban J connectivity index is 1.99. The molecule has 3 heterocycles. The molecule has 0 amide bonds. The minimum Gasteiger partial charge on any atom is -0.315 e. The van der Waals surface area contributed by atoms with Crippen molar-refractivity contribution in [2.45, 2.75) is 39.7 Å². The number of fused-ring (bicyclic) bond motifs is 1. The van der Waals surface area contributed by atoms with Gasteiger partial charge in [0.25, 0.3) is 11.5 Å². The van der Waals surface area contributed by atoms with Gasteiger partial charge in [-0.05, 0) is 24.5 Å². The van der Waals surface area contributed by atoms with E-state index in [4.69, 9.17) is 0 Å². The van der Waals surface area contributed by atoms with E-state index in [2.05, 4.69) is 23.9 Å². The lowest BCUT2D eigenvalue weighted by Crippen LogP contribution is -2.19. The van der Waals surface area contributed by atoms with E-state index in [1.807, 2.05) is 0 Å². The van der Waals surface area contributed by atoms with Crippen LogP contribution in [-0.2, 0) is 12.5 Å². The fourth-order valence-electron chi connectivity index (χ4n) is 2.59.